The van der Waals surface area contributed by atoms with Crippen LogP contribution >= 0.6 is 0 Å². The van der Waals surface area contributed by atoms with Gasteiger partial charge in [0.2, 0.25) is 6.33 Å². The van der Waals surface area contributed by atoms with Gasteiger partial charge in [-0.15, -0.1) is 0 Å². The Morgan fingerprint density at radius 3 is 2.83 bits per heavy atom. The Balaban J connectivity index is 2.64. The van der Waals surface area contributed by atoms with Gasteiger partial charge in [-0.3, -0.25) is 4.79 Å². The molecule has 0 amide bonds. The second-order valence-electron chi connectivity index (χ2n) is 2.97. The third-order valence-electron chi connectivity index (χ3n) is 1.77. The fourth-order valence-corrected chi connectivity index (χ4v) is 1.09. The predicted octanol–water partition coefficient (Wildman–Crippen LogP) is 0.348. The number of nitrogens with zero attached hydrogens (tertiary/aromatic N) is 2. The molecule has 1 heterocycles. The summed E-state index contributed by atoms with van der Waals surface area (Å²) in [6.45, 7) is 1.88. The standard InChI is InChI=1S/C8H12N2O2/c1-7(5-8(11)12)10-4-3-9(2)6-10/h3-4,6-7H,5H2,1-2H3/p+1. The van der Waals surface area contributed by atoms with E-state index in [9.17, 15) is 4.79 Å². The molecule has 0 radical (unpaired) electrons. The molecule has 0 aliphatic carbocycles. The number of imidazole rings is 1. The van der Waals surface area contributed by atoms with Gasteiger partial charge in [0, 0.05) is 0 Å². The molecule has 4 heteroatoms. The number of hydrogen-bond donors (Lipinski definition) is 1. The van der Waals surface area contributed by atoms with Crippen molar-refractivity contribution in [3.05, 3.63) is 18.7 Å². The zero-order valence-electron chi connectivity index (χ0n) is 7.27. The number of aryl methyl sites for hydroxylation is 1. The molecule has 1 aromatic rings. The van der Waals surface area contributed by atoms with Gasteiger partial charge in [-0.25, -0.2) is 9.13 Å². The van der Waals surface area contributed by atoms with Gasteiger partial charge in [0.25, 0.3) is 0 Å². The number of hydrogen-bond acceptors (Lipinski definition) is 1. The normalized spacial score (nSPS) is 12.8. The summed E-state index contributed by atoms with van der Waals surface area (Å²) in [5, 5.41) is 8.53. The second-order valence-corrected chi connectivity index (χ2v) is 2.97. The fraction of sp³-hybridized carbons (Fsp3) is 0.500. The van der Waals surface area contributed by atoms with Crippen molar-refractivity contribution < 1.29 is 14.5 Å². The van der Waals surface area contributed by atoms with Crippen LogP contribution < -0.4 is 4.57 Å². The molecule has 0 aliphatic heterocycles. The van der Waals surface area contributed by atoms with Crippen LogP contribution in [0.1, 0.15) is 19.4 Å². The lowest BCUT2D eigenvalue weighted by Gasteiger charge is -2.02. The molecular weight excluding hydrogens is 156 g/mol. The minimum absolute atomic E-state index is 0.0173. The number of aliphatic carboxylic acids is 1. The molecular formula is C8H13N2O2+. The van der Waals surface area contributed by atoms with E-state index in [1.165, 1.54) is 0 Å². The van der Waals surface area contributed by atoms with E-state index in [0.29, 0.717) is 0 Å². The number of aromatic nitrogens is 2. The highest BCUT2D eigenvalue weighted by molar-refractivity contribution is 5.67. The van der Waals surface area contributed by atoms with Crippen molar-refractivity contribution in [1.29, 1.82) is 0 Å². The van der Waals surface area contributed by atoms with E-state index < -0.39 is 5.97 Å². The predicted molar refractivity (Wildman–Crippen MR) is 42.6 cm³/mol. The van der Waals surface area contributed by atoms with Crippen molar-refractivity contribution in [2.24, 2.45) is 7.05 Å². The van der Waals surface area contributed by atoms with E-state index in [4.69, 9.17) is 5.11 Å². The summed E-state index contributed by atoms with van der Waals surface area (Å²) in [7, 11) is 1.91. The molecule has 0 saturated carbocycles. The van der Waals surface area contributed by atoms with Crippen LogP contribution in [0.2, 0.25) is 0 Å². The molecule has 1 unspecified atom stereocenters. The minimum atomic E-state index is -0.765. The van der Waals surface area contributed by atoms with Gasteiger partial charge in [0.1, 0.15) is 18.4 Å². The monoisotopic (exact) mass is 169 g/mol. The van der Waals surface area contributed by atoms with Crippen LogP contribution in [0.3, 0.4) is 0 Å². The summed E-state index contributed by atoms with van der Waals surface area (Å²) in [6.07, 6.45) is 5.79. The Labute approximate surface area is 71.1 Å². The van der Waals surface area contributed by atoms with Crippen molar-refractivity contribution in [2.45, 2.75) is 19.4 Å². The lowest BCUT2D eigenvalue weighted by molar-refractivity contribution is -0.671. The zero-order chi connectivity index (χ0) is 9.14. The minimum Gasteiger partial charge on any atom is -0.481 e. The first-order valence-corrected chi connectivity index (χ1v) is 3.84. The lowest BCUT2D eigenvalue weighted by atomic mass is 10.2. The van der Waals surface area contributed by atoms with Crippen LogP contribution in [0.25, 0.3) is 0 Å². The Morgan fingerprint density at radius 2 is 2.42 bits per heavy atom. The van der Waals surface area contributed by atoms with Crippen molar-refractivity contribution in [3.8, 4) is 0 Å². The highest BCUT2D eigenvalue weighted by atomic mass is 16.4. The first-order valence-electron chi connectivity index (χ1n) is 3.84. The molecule has 1 atom stereocenters. The van der Waals surface area contributed by atoms with E-state index in [1.54, 1.807) is 0 Å². The highest BCUT2D eigenvalue weighted by Gasteiger charge is 2.13. The zero-order valence-corrected chi connectivity index (χ0v) is 7.27. The van der Waals surface area contributed by atoms with Gasteiger partial charge in [-0.05, 0) is 6.92 Å². The van der Waals surface area contributed by atoms with E-state index >= 15 is 0 Å². The fourth-order valence-electron chi connectivity index (χ4n) is 1.09. The maximum Gasteiger partial charge on any atom is 0.307 e. The van der Waals surface area contributed by atoms with E-state index in [-0.39, 0.29) is 12.5 Å². The molecule has 0 aromatic carbocycles. The van der Waals surface area contributed by atoms with Crippen molar-refractivity contribution >= 4 is 5.97 Å². The number of carboxylic acid groups (broad SMARTS) is 1. The smallest absolute Gasteiger partial charge is 0.307 e. The van der Waals surface area contributed by atoms with Crippen LogP contribution in [0.4, 0.5) is 0 Å². The molecule has 0 bridgehead atoms. The molecule has 0 spiro atoms. The summed E-state index contributed by atoms with van der Waals surface area (Å²) < 4.78 is 3.77. The Bertz CT molecular complexity index is 280. The van der Waals surface area contributed by atoms with Gasteiger partial charge < -0.3 is 5.11 Å². The third-order valence-corrected chi connectivity index (χ3v) is 1.77. The second kappa shape index (κ2) is 3.38. The van der Waals surface area contributed by atoms with E-state index in [2.05, 4.69) is 0 Å². The maximum absolute atomic E-state index is 10.4. The van der Waals surface area contributed by atoms with Crippen LogP contribution in [-0.4, -0.2) is 15.6 Å². The lowest BCUT2D eigenvalue weighted by Crippen LogP contribution is -2.24. The van der Waals surface area contributed by atoms with Crippen molar-refractivity contribution in [3.63, 3.8) is 0 Å². The first kappa shape index (κ1) is 8.77. The molecule has 1 aromatic heterocycles. The number of carboxylic acids is 1. The van der Waals surface area contributed by atoms with Gasteiger partial charge in [0.15, 0.2) is 0 Å². The molecule has 0 fully saturated rings. The molecule has 12 heavy (non-hydrogen) atoms. The maximum atomic E-state index is 10.4. The first-order chi connectivity index (χ1) is 5.59. The average Bonchev–Trinajstić information content (AvgIpc) is 2.34. The van der Waals surface area contributed by atoms with Crippen molar-refractivity contribution in [1.82, 2.24) is 4.57 Å². The summed E-state index contributed by atoms with van der Waals surface area (Å²) in [5.74, 6) is -0.765. The topological polar surface area (TPSA) is 46.1 Å². The number of rotatable bonds is 3. The molecule has 66 valence electrons. The largest absolute Gasteiger partial charge is 0.481 e. The van der Waals surface area contributed by atoms with Crippen molar-refractivity contribution in [2.75, 3.05) is 0 Å². The van der Waals surface area contributed by atoms with Gasteiger partial charge in [-0.2, -0.15) is 0 Å². The van der Waals surface area contributed by atoms with Crippen LogP contribution in [0.5, 0.6) is 0 Å². The van der Waals surface area contributed by atoms with Crippen LogP contribution in [-0.2, 0) is 11.8 Å². The van der Waals surface area contributed by atoms with Gasteiger partial charge in [0.05, 0.1) is 13.5 Å². The molecule has 0 saturated heterocycles. The van der Waals surface area contributed by atoms with E-state index in [1.807, 2.05) is 41.8 Å². The Kier molecular flexibility index (Phi) is 2.47. The number of carbonyl (C=O) groups is 1. The third kappa shape index (κ3) is 2.08. The van der Waals surface area contributed by atoms with Crippen LogP contribution in [0.15, 0.2) is 18.7 Å². The van der Waals surface area contributed by atoms with E-state index in [0.717, 1.165) is 0 Å². The Hall–Kier alpha value is -1.32. The molecule has 1 rings (SSSR count). The quantitative estimate of drug-likeness (QED) is 0.663. The molecule has 1 N–H and O–H groups in total. The molecule has 0 aliphatic rings. The average molecular weight is 169 g/mol. The summed E-state index contributed by atoms with van der Waals surface area (Å²) in [6, 6.07) is 0.0173. The SMILES string of the molecule is CC(CC(=O)O)n1cc[n+](C)c1. The van der Waals surface area contributed by atoms with Gasteiger partial charge in [-0.1, -0.05) is 0 Å². The Morgan fingerprint density at radius 1 is 1.75 bits per heavy atom. The van der Waals surface area contributed by atoms with Gasteiger partial charge >= 0.3 is 5.97 Å². The summed E-state index contributed by atoms with van der Waals surface area (Å²) >= 11 is 0. The summed E-state index contributed by atoms with van der Waals surface area (Å²) in [4.78, 5) is 10.4. The summed E-state index contributed by atoms with van der Waals surface area (Å²) in [5.41, 5.74) is 0. The molecule has 4 nitrogen and oxygen atoms in total. The van der Waals surface area contributed by atoms with Crippen LogP contribution in [0, 0.1) is 0 Å². The highest BCUT2D eigenvalue weighted by Crippen LogP contribution is 2.07.